The Balaban J connectivity index is 1.96. The van der Waals surface area contributed by atoms with Gasteiger partial charge in [-0.2, -0.15) is 9.67 Å². The third-order valence-electron chi connectivity index (χ3n) is 2.69. The second-order valence-electron chi connectivity index (χ2n) is 4.23. The minimum atomic E-state index is -0.198. The van der Waals surface area contributed by atoms with Crippen molar-refractivity contribution in [3.05, 3.63) is 58.8 Å². The number of carbonyl (C=O) groups is 1. The molecule has 0 fully saturated rings. The number of rotatable bonds is 5. The van der Waals surface area contributed by atoms with E-state index in [9.17, 15) is 4.79 Å². The maximum Gasteiger partial charge on any atom is 0.305 e. The van der Waals surface area contributed by atoms with Crippen LogP contribution in [0.2, 0.25) is 0 Å². The quantitative estimate of drug-likeness (QED) is 0.509. The zero-order chi connectivity index (χ0) is 15.1. The Morgan fingerprint density at radius 3 is 2.86 bits per heavy atom. The number of nitrogens with one attached hydrogen (secondary N) is 1. The Labute approximate surface area is 131 Å². The lowest BCUT2D eigenvalue weighted by molar-refractivity contribution is -0.684. The first-order valence-corrected chi connectivity index (χ1v) is 7.08. The van der Waals surface area contributed by atoms with E-state index in [1.54, 1.807) is 17.9 Å². The highest BCUT2D eigenvalue weighted by Crippen LogP contribution is 2.21. The predicted molar refractivity (Wildman–Crippen MR) is 83.1 cm³/mol. The van der Waals surface area contributed by atoms with Crippen molar-refractivity contribution in [1.82, 2.24) is 5.43 Å². The molecule has 108 valence electrons. The summed E-state index contributed by atoms with van der Waals surface area (Å²) in [6.07, 6.45) is 5.19. The lowest BCUT2D eigenvalue weighted by atomic mass is 10.2. The van der Waals surface area contributed by atoms with Crippen molar-refractivity contribution in [1.29, 1.82) is 0 Å². The van der Waals surface area contributed by atoms with Crippen LogP contribution in [0.4, 0.5) is 0 Å². The number of pyridine rings is 1. The second-order valence-corrected chi connectivity index (χ2v) is 5.14. The molecule has 21 heavy (non-hydrogen) atoms. The number of benzene rings is 1. The van der Waals surface area contributed by atoms with Crippen molar-refractivity contribution in [2.24, 2.45) is 5.10 Å². The number of halogens is 1. The summed E-state index contributed by atoms with van der Waals surface area (Å²) in [6.45, 7) is 0.216. The van der Waals surface area contributed by atoms with Gasteiger partial charge in [-0.25, -0.2) is 5.43 Å². The van der Waals surface area contributed by atoms with Gasteiger partial charge in [0, 0.05) is 22.2 Å². The van der Waals surface area contributed by atoms with Crippen LogP contribution in [0.1, 0.15) is 5.56 Å². The minimum absolute atomic E-state index is 0.198. The van der Waals surface area contributed by atoms with Crippen molar-refractivity contribution in [2.45, 2.75) is 6.54 Å². The number of aromatic nitrogens is 1. The first-order valence-electron chi connectivity index (χ1n) is 6.28. The van der Waals surface area contributed by atoms with Crippen molar-refractivity contribution < 1.29 is 14.1 Å². The van der Waals surface area contributed by atoms with Gasteiger partial charge in [0.25, 0.3) is 0 Å². The van der Waals surface area contributed by atoms with Crippen LogP contribution in [0, 0.1) is 0 Å². The van der Waals surface area contributed by atoms with E-state index in [-0.39, 0.29) is 12.5 Å². The van der Waals surface area contributed by atoms with Crippen LogP contribution in [0.15, 0.2) is 58.4 Å². The van der Waals surface area contributed by atoms with E-state index in [2.05, 4.69) is 26.5 Å². The summed E-state index contributed by atoms with van der Waals surface area (Å²) in [5.41, 5.74) is 3.27. The lowest BCUT2D eigenvalue weighted by Gasteiger charge is -2.04. The SMILES string of the molecule is COc1ccc(Br)cc1/C=N\NC(=O)C[n+]1ccccc1. The van der Waals surface area contributed by atoms with Crippen LogP contribution in [0.3, 0.4) is 0 Å². The first-order chi connectivity index (χ1) is 10.2. The molecule has 1 amide bonds. The van der Waals surface area contributed by atoms with Gasteiger partial charge in [-0.1, -0.05) is 22.0 Å². The largest absolute Gasteiger partial charge is 0.496 e. The van der Waals surface area contributed by atoms with E-state index < -0.39 is 0 Å². The molecular weight excluding hydrogens is 334 g/mol. The summed E-state index contributed by atoms with van der Waals surface area (Å²) in [6, 6.07) is 11.2. The van der Waals surface area contributed by atoms with Gasteiger partial charge >= 0.3 is 5.91 Å². The average Bonchev–Trinajstić information content (AvgIpc) is 2.48. The summed E-state index contributed by atoms with van der Waals surface area (Å²) in [5, 5.41) is 3.95. The molecule has 0 aliphatic heterocycles. The molecule has 1 N–H and O–H groups in total. The third kappa shape index (κ3) is 4.68. The van der Waals surface area contributed by atoms with Crippen LogP contribution < -0.4 is 14.7 Å². The first kappa shape index (κ1) is 15.2. The van der Waals surface area contributed by atoms with Gasteiger partial charge in [0.15, 0.2) is 12.4 Å². The van der Waals surface area contributed by atoms with Gasteiger partial charge in [-0.05, 0) is 18.2 Å². The molecule has 1 heterocycles. The molecule has 2 rings (SSSR count). The van der Waals surface area contributed by atoms with Gasteiger partial charge in [-0.3, -0.25) is 4.79 Å². The van der Waals surface area contributed by atoms with Crippen molar-refractivity contribution in [3.8, 4) is 5.75 Å². The normalized spacial score (nSPS) is 10.6. The molecule has 6 heteroatoms. The zero-order valence-corrected chi connectivity index (χ0v) is 13.1. The summed E-state index contributed by atoms with van der Waals surface area (Å²) >= 11 is 3.38. The molecule has 2 aromatic rings. The van der Waals surface area contributed by atoms with Gasteiger partial charge < -0.3 is 4.74 Å². The average molecular weight is 349 g/mol. The Morgan fingerprint density at radius 2 is 2.14 bits per heavy atom. The van der Waals surface area contributed by atoms with Gasteiger partial charge in [0.1, 0.15) is 5.75 Å². The number of nitrogens with zero attached hydrogens (tertiary/aromatic N) is 2. The van der Waals surface area contributed by atoms with E-state index >= 15 is 0 Å². The van der Waals surface area contributed by atoms with E-state index in [0.717, 1.165) is 10.0 Å². The molecule has 0 radical (unpaired) electrons. The monoisotopic (exact) mass is 348 g/mol. The Kier molecular flexibility index (Phi) is 5.45. The van der Waals surface area contributed by atoms with Crippen molar-refractivity contribution in [2.75, 3.05) is 7.11 Å². The molecule has 1 aromatic carbocycles. The number of ether oxygens (including phenoxy) is 1. The molecule has 0 aliphatic carbocycles. The van der Waals surface area contributed by atoms with Gasteiger partial charge in [0.05, 0.1) is 13.3 Å². The number of hydrogen-bond acceptors (Lipinski definition) is 3. The van der Waals surface area contributed by atoms with Gasteiger partial charge in [-0.15, -0.1) is 0 Å². The number of methoxy groups -OCH3 is 1. The standard InChI is InChI=1S/C15H14BrN3O2/c1-21-14-6-5-13(16)9-12(14)10-17-18-15(20)11-19-7-3-2-4-8-19/h2-10H,11H2,1H3/p+1/b17-10-. The molecule has 0 aliphatic rings. The Morgan fingerprint density at radius 1 is 1.38 bits per heavy atom. The fourth-order valence-electron chi connectivity index (χ4n) is 1.72. The van der Waals surface area contributed by atoms with Crippen LogP contribution in [-0.4, -0.2) is 19.2 Å². The Bertz CT molecular complexity index is 645. The number of amides is 1. The number of hydrazone groups is 1. The smallest absolute Gasteiger partial charge is 0.305 e. The fraction of sp³-hybridized carbons (Fsp3) is 0.133. The minimum Gasteiger partial charge on any atom is -0.496 e. The number of hydrogen-bond donors (Lipinski definition) is 1. The molecule has 0 unspecified atom stereocenters. The Hall–Kier alpha value is -2.21. The van der Waals surface area contributed by atoms with E-state index in [1.165, 1.54) is 0 Å². The maximum absolute atomic E-state index is 11.7. The highest BCUT2D eigenvalue weighted by molar-refractivity contribution is 9.10. The van der Waals surface area contributed by atoms with E-state index in [4.69, 9.17) is 4.74 Å². The highest BCUT2D eigenvalue weighted by Gasteiger charge is 2.07. The van der Waals surface area contributed by atoms with Gasteiger partial charge in [0.2, 0.25) is 6.54 Å². The summed E-state index contributed by atoms with van der Waals surface area (Å²) < 4.78 is 7.91. The molecule has 0 bridgehead atoms. The van der Waals surface area contributed by atoms with E-state index in [0.29, 0.717) is 5.75 Å². The lowest BCUT2D eigenvalue weighted by Crippen LogP contribution is -2.40. The van der Waals surface area contributed by atoms with E-state index in [1.807, 2.05) is 48.8 Å². The summed E-state index contributed by atoms with van der Waals surface area (Å²) in [5.74, 6) is 0.491. The van der Waals surface area contributed by atoms with Crippen LogP contribution >= 0.6 is 15.9 Å². The van der Waals surface area contributed by atoms with Crippen molar-refractivity contribution >= 4 is 28.1 Å². The number of carbonyl (C=O) groups excluding carboxylic acids is 1. The van der Waals surface area contributed by atoms with Crippen LogP contribution in [-0.2, 0) is 11.3 Å². The molecule has 1 aromatic heterocycles. The summed E-state index contributed by atoms with van der Waals surface area (Å²) in [4.78, 5) is 11.7. The summed E-state index contributed by atoms with van der Waals surface area (Å²) in [7, 11) is 1.59. The second kappa shape index (κ2) is 7.54. The molecule has 0 saturated heterocycles. The third-order valence-corrected chi connectivity index (χ3v) is 3.18. The van der Waals surface area contributed by atoms with Crippen molar-refractivity contribution in [3.63, 3.8) is 0 Å². The predicted octanol–water partition coefficient (Wildman–Crippen LogP) is 1.90. The molecule has 5 nitrogen and oxygen atoms in total. The molecule has 0 atom stereocenters. The highest BCUT2D eigenvalue weighted by atomic mass is 79.9. The topological polar surface area (TPSA) is 54.6 Å². The fourth-order valence-corrected chi connectivity index (χ4v) is 2.10. The molecule has 0 spiro atoms. The zero-order valence-electron chi connectivity index (χ0n) is 11.5. The van der Waals surface area contributed by atoms with Crippen LogP contribution in [0.5, 0.6) is 5.75 Å². The molecular formula is C15H15BrN3O2+. The van der Waals surface area contributed by atoms with Crippen LogP contribution in [0.25, 0.3) is 0 Å². The maximum atomic E-state index is 11.7. The molecule has 0 saturated carbocycles.